The van der Waals surface area contributed by atoms with Crippen molar-refractivity contribution in [3.63, 3.8) is 0 Å². The molecule has 48 heavy (non-hydrogen) atoms. The van der Waals surface area contributed by atoms with Crippen LogP contribution in [0.4, 0.5) is 15.4 Å². The topological polar surface area (TPSA) is 122 Å². The Morgan fingerprint density at radius 1 is 0.917 bits per heavy atom. The highest BCUT2D eigenvalue weighted by atomic mass is 79.9. The minimum absolute atomic E-state index is 0.00780. The number of halogens is 1. The molecule has 2 aromatic carbocycles. The van der Waals surface area contributed by atoms with E-state index in [0.717, 1.165) is 20.3 Å². The second-order valence-corrected chi connectivity index (χ2v) is 14.9. The van der Waals surface area contributed by atoms with Gasteiger partial charge in [-0.3, -0.25) is 4.79 Å². The number of anilines is 1. The molecule has 0 unspecified atom stereocenters. The first-order valence-corrected chi connectivity index (χ1v) is 17.0. The molecule has 1 fully saturated rings. The van der Waals surface area contributed by atoms with Gasteiger partial charge >= 0.3 is 18.2 Å². The van der Waals surface area contributed by atoms with Crippen LogP contribution in [0.25, 0.3) is 21.9 Å². The van der Waals surface area contributed by atoms with Gasteiger partial charge in [0.15, 0.2) is 5.82 Å². The number of imidazole rings is 1. The van der Waals surface area contributed by atoms with E-state index in [1.54, 1.807) is 41.5 Å². The zero-order valence-electron chi connectivity index (χ0n) is 28.5. The number of carbonyl (C=O) groups excluding carboxylic acids is 3. The zero-order chi connectivity index (χ0) is 34.8. The van der Waals surface area contributed by atoms with Gasteiger partial charge < -0.3 is 23.5 Å². The van der Waals surface area contributed by atoms with Crippen molar-refractivity contribution in [1.82, 2.24) is 14.5 Å². The van der Waals surface area contributed by atoms with Crippen molar-refractivity contribution in [3.8, 4) is 0 Å². The molecule has 2 heterocycles. The molecule has 2 aromatic heterocycles. The zero-order valence-corrected chi connectivity index (χ0v) is 30.1. The quantitative estimate of drug-likeness (QED) is 0.124. The van der Waals surface area contributed by atoms with Crippen LogP contribution in [0.3, 0.4) is 0 Å². The first-order chi connectivity index (χ1) is 22.6. The van der Waals surface area contributed by atoms with E-state index in [1.807, 2.05) is 55.5 Å². The van der Waals surface area contributed by atoms with Gasteiger partial charge in [-0.25, -0.2) is 19.6 Å². The number of esters is 1. The van der Waals surface area contributed by atoms with Crippen LogP contribution >= 0.6 is 15.9 Å². The van der Waals surface area contributed by atoms with E-state index in [0.29, 0.717) is 48.4 Å². The molecule has 0 radical (unpaired) electrons. The van der Waals surface area contributed by atoms with E-state index in [9.17, 15) is 14.4 Å². The maximum absolute atomic E-state index is 13.7. The van der Waals surface area contributed by atoms with Crippen LogP contribution in [0.5, 0.6) is 0 Å². The molecule has 0 N–H and O–H groups in total. The third-order valence-corrected chi connectivity index (χ3v) is 8.23. The second kappa shape index (κ2) is 14.2. The van der Waals surface area contributed by atoms with Crippen LogP contribution in [-0.4, -0.2) is 50.5 Å². The van der Waals surface area contributed by atoms with Crippen molar-refractivity contribution < 1.29 is 33.3 Å². The molecule has 1 aliphatic rings. The molecular formula is C36H43BrN4O7. The molecule has 2 amide bonds. The summed E-state index contributed by atoms with van der Waals surface area (Å²) in [5, 5.41) is 0.777. The lowest BCUT2D eigenvalue weighted by Crippen LogP contribution is -2.44. The average Bonchev–Trinajstić information content (AvgIpc) is 3.33. The fraction of sp³-hybridized carbons (Fsp3) is 0.472. The van der Waals surface area contributed by atoms with Gasteiger partial charge in [0.1, 0.15) is 35.8 Å². The van der Waals surface area contributed by atoms with Crippen molar-refractivity contribution >= 4 is 61.8 Å². The lowest BCUT2D eigenvalue weighted by atomic mass is 9.75. The van der Waals surface area contributed by atoms with Crippen LogP contribution < -0.4 is 4.90 Å². The number of pyridine rings is 1. The Morgan fingerprint density at radius 3 is 2.17 bits per heavy atom. The van der Waals surface area contributed by atoms with Gasteiger partial charge in [-0.05, 0) is 91.0 Å². The molecule has 256 valence electrons. The Bertz CT molecular complexity index is 1780. The highest BCUT2D eigenvalue weighted by molar-refractivity contribution is 9.10. The maximum Gasteiger partial charge on any atom is 0.425 e. The molecule has 0 aliphatic heterocycles. The molecule has 0 bridgehead atoms. The van der Waals surface area contributed by atoms with Crippen molar-refractivity contribution in [3.05, 3.63) is 64.4 Å². The van der Waals surface area contributed by atoms with Crippen molar-refractivity contribution in [2.75, 3.05) is 11.5 Å². The first-order valence-electron chi connectivity index (χ1n) is 16.2. The van der Waals surface area contributed by atoms with Gasteiger partial charge in [-0.15, -0.1) is 0 Å². The van der Waals surface area contributed by atoms with Crippen LogP contribution in [0.2, 0.25) is 0 Å². The second-order valence-electron chi connectivity index (χ2n) is 14.0. The summed E-state index contributed by atoms with van der Waals surface area (Å²) in [7, 11) is 0. The van der Waals surface area contributed by atoms with Crippen molar-refractivity contribution in [2.45, 2.75) is 92.3 Å². The molecule has 1 saturated carbocycles. The summed E-state index contributed by atoms with van der Waals surface area (Å²) >= 11 is 3.54. The SMILES string of the molecule is CCOCc1nc2c(N(C(=O)OC(C)(C)C)C(=O)OC(C)(C)C)nc3cc(Br)ccc3c2n1CC1CC(C(=O)OCc2ccccc2)C1. The van der Waals surface area contributed by atoms with Crippen LogP contribution in [0, 0.1) is 11.8 Å². The number of ether oxygens (including phenoxy) is 4. The number of benzene rings is 2. The Hall–Kier alpha value is -4.03. The number of fused-ring (bicyclic) bond motifs is 3. The number of amides is 2. The van der Waals surface area contributed by atoms with E-state index in [2.05, 4.69) is 20.5 Å². The molecule has 0 spiro atoms. The molecule has 1 aliphatic carbocycles. The molecule has 5 rings (SSSR count). The number of nitrogens with zero attached hydrogens (tertiary/aromatic N) is 4. The molecule has 4 aromatic rings. The van der Waals surface area contributed by atoms with Gasteiger partial charge in [-0.1, -0.05) is 46.3 Å². The highest BCUT2D eigenvalue weighted by Gasteiger charge is 2.39. The summed E-state index contributed by atoms with van der Waals surface area (Å²) in [4.78, 5) is 50.9. The lowest BCUT2D eigenvalue weighted by Gasteiger charge is -2.34. The van der Waals surface area contributed by atoms with E-state index < -0.39 is 23.4 Å². The number of hydrogen-bond acceptors (Lipinski definition) is 9. The maximum atomic E-state index is 13.7. The Morgan fingerprint density at radius 2 is 1.56 bits per heavy atom. The van der Waals surface area contributed by atoms with Crippen LogP contribution in [0.15, 0.2) is 53.0 Å². The predicted molar refractivity (Wildman–Crippen MR) is 185 cm³/mol. The number of imide groups is 1. The third-order valence-electron chi connectivity index (χ3n) is 7.73. The van der Waals surface area contributed by atoms with E-state index in [4.69, 9.17) is 28.9 Å². The number of hydrogen-bond donors (Lipinski definition) is 0. The van der Waals surface area contributed by atoms with Crippen molar-refractivity contribution in [2.24, 2.45) is 11.8 Å². The largest absolute Gasteiger partial charge is 0.461 e. The Kier molecular flexibility index (Phi) is 10.4. The fourth-order valence-corrected chi connectivity index (χ4v) is 5.94. The Labute approximate surface area is 289 Å². The van der Waals surface area contributed by atoms with Gasteiger partial charge in [0.05, 0.1) is 17.0 Å². The lowest BCUT2D eigenvalue weighted by molar-refractivity contribution is -0.154. The molecule has 11 nitrogen and oxygen atoms in total. The third kappa shape index (κ3) is 8.33. The summed E-state index contributed by atoms with van der Waals surface area (Å²) in [6, 6.07) is 15.3. The summed E-state index contributed by atoms with van der Waals surface area (Å²) in [5.74, 6) is 0.364. The number of aromatic nitrogens is 3. The summed E-state index contributed by atoms with van der Waals surface area (Å²) in [6.07, 6.45) is -0.552. The minimum atomic E-state index is -0.934. The summed E-state index contributed by atoms with van der Waals surface area (Å²) in [6.45, 7) is 13.6. The number of carbonyl (C=O) groups is 3. The monoisotopic (exact) mass is 722 g/mol. The van der Waals surface area contributed by atoms with E-state index in [-0.39, 0.29) is 36.8 Å². The average molecular weight is 724 g/mol. The summed E-state index contributed by atoms with van der Waals surface area (Å²) in [5.41, 5.74) is 0.683. The fourth-order valence-electron chi connectivity index (χ4n) is 5.59. The van der Waals surface area contributed by atoms with E-state index >= 15 is 0 Å². The van der Waals surface area contributed by atoms with Crippen LogP contribution in [0.1, 0.15) is 72.7 Å². The van der Waals surface area contributed by atoms with Gasteiger partial charge in [0.2, 0.25) is 0 Å². The molecule has 0 atom stereocenters. The highest BCUT2D eigenvalue weighted by Crippen LogP contribution is 2.40. The van der Waals surface area contributed by atoms with Crippen molar-refractivity contribution in [1.29, 1.82) is 0 Å². The normalized spacial score (nSPS) is 16.4. The van der Waals surface area contributed by atoms with Gasteiger partial charge in [-0.2, -0.15) is 4.90 Å². The molecule has 12 heteroatoms. The smallest absolute Gasteiger partial charge is 0.425 e. The predicted octanol–water partition coefficient (Wildman–Crippen LogP) is 8.33. The minimum Gasteiger partial charge on any atom is -0.461 e. The summed E-state index contributed by atoms with van der Waals surface area (Å²) < 4.78 is 25.6. The first kappa shape index (κ1) is 35.3. The van der Waals surface area contributed by atoms with Gasteiger partial charge in [0, 0.05) is 23.0 Å². The Balaban J connectivity index is 1.55. The standard InChI is InChI=1S/C36H43BrN4O7/c1-8-45-21-28-39-29-30(40(28)19-23-16-24(17-23)32(42)46-20-22-12-10-9-11-13-22)26-15-14-25(37)18-27(26)38-31(29)41(33(43)47-35(2,3)4)34(44)48-36(5,6)7/h9-15,18,23-24H,8,16-17,19-21H2,1-7H3. The molecule has 0 saturated heterocycles. The molecular weight excluding hydrogens is 680 g/mol. The number of rotatable bonds is 9. The van der Waals surface area contributed by atoms with Gasteiger partial charge in [0.25, 0.3) is 0 Å². The van der Waals surface area contributed by atoms with E-state index in [1.165, 1.54) is 0 Å². The van der Waals surface area contributed by atoms with Crippen LogP contribution in [-0.2, 0) is 43.5 Å².